The molecule has 16 heavy (non-hydrogen) atoms. The number of phenols is 1. The molecule has 3 nitrogen and oxygen atoms in total. The largest absolute Gasteiger partial charge is 0.506 e. The monoisotopic (exact) mass is 445 g/mol. The molecule has 0 saturated carbocycles. The van der Waals surface area contributed by atoms with Crippen molar-refractivity contribution in [3.63, 3.8) is 0 Å². The Kier molecular flexibility index (Phi) is 4.44. The van der Waals surface area contributed by atoms with E-state index in [1.165, 1.54) is 0 Å². The average Bonchev–Trinajstić information content (AvgIpc) is 2.08. The summed E-state index contributed by atoms with van der Waals surface area (Å²) >= 11 is 4.13. The lowest BCUT2D eigenvalue weighted by atomic mass is 10.1. The third kappa shape index (κ3) is 3.76. The van der Waals surface area contributed by atoms with Crippen LogP contribution < -0.4 is 5.32 Å². The molecule has 0 bridgehead atoms. The number of phenolic OH excluding ortho intramolecular Hbond substituents is 1. The molecule has 1 aromatic rings. The summed E-state index contributed by atoms with van der Waals surface area (Å²) in [6.07, 6.45) is 0. The first-order chi connectivity index (χ1) is 7.20. The number of hydrogen-bond donors (Lipinski definition) is 2. The Morgan fingerprint density at radius 2 is 1.88 bits per heavy atom. The van der Waals surface area contributed by atoms with E-state index < -0.39 is 0 Å². The number of carbonyl (C=O) groups is 1. The van der Waals surface area contributed by atoms with Gasteiger partial charge in [0.2, 0.25) is 0 Å². The van der Waals surface area contributed by atoms with Gasteiger partial charge in [0.15, 0.2) is 0 Å². The number of aromatic hydroxyl groups is 1. The van der Waals surface area contributed by atoms with E-state index in [9.17, 15) is 9.90 Å². The lowest BCUT2D eigenvalue weighted by molar-refractivity contribution is 0.0916. The number of hydrogen-bond acceptors (Lipinski definition) is 2. The van der Waals surface area contributed by atoms with Crippen LogP contribution in [-0.2, 0) is 0 Å². The topological polar surface area (TPSA) is 49.3 Å². The van der Waals surface area contributed by atoms with Crippen molar-refractivity contribution in [3.8, 4) is 5.75 Å². The van der Waals surface area contributed by atoms with Crippen LogP contribution in [0.3, 0.4) is 0 Å². The number of carbonyl (C=O) groups excluding carboxylic acids is 1. The highest BCUT2D eigenvalue weighted by molar-refractivity contribution is 14.1. The predicted molar refractivity (Wildman–Crippen MR) is 80.8 cm³/mol. The summed E-state index contributed by atoms with van der Waals surface area (Å²) in [5.74, 6) is -0.204. The fourth-order valence-electron chi connectivity index (χ4n) is 1.15. The molecule has 0 aliphatic carbocycles. The van der Waals surface area contributed by atoms with Gasteiger partial charge < -0.3 is 10.4 Å². The van der Waals surface area contributed by atoms with Crippen molar-refractivity contribution in [1.82, 2.24) is 5.32 Å². The van der Waals surface area contributed by atoms with Gasteiger partial charge in [-0.2, -0.15) is 0 Å². The molecule has 0 spiro atoms. The van der Waals surface area contributed by atoms with E-state index in [-0.39, 0.29) is 17.2 Å². The zero-order valence-corrected chi connectivity index (χ0v) is 13.6. The van der Waals surface area contributed by atoms with Crippen molar-refractivity contribution >= 4 is 51.1 Å². The van der Waals surface area contributed by atoms with Crippen molar-refractivity contribution in [2.45, 2.75) is 26.3 Å². The Hall–Kier alpha value is -0.0500. The second-order valence-electron chi connectivity index (χ2n) is 4.49. The first-order valence-corrected chi connectivity index (χ1v) is 6.87. The second-order valence-corrected chi connectivity index (χ2v) is 6.90. The van der Waals surface area contributed by atoms with Gasteiger partial charge in [0.05, 0.1) is 9.13 Å². The standard InChI is InChI=1S/C11H13I2NO2/c1-11(2,3)14-10(16)7-4-6(12)5-8(13)9(7)15/h4-5,15H,1-3H3,(H,14,16). The molecule has 0 unspecified atom stereocenters. The van der Waals surface area contributed by atoms with E-state index in [1.54, 1.807) is 6.07 Å². The van der Waals surface area contributed by atoms with Gasteiger partial charge >= 0.3 is 0 Å². The van der Waals surface area contributed by atoms with Crippen LogP contribution >= 0.6 is 45.2 Å². The van der Waals surface area contributed by atoms with Crippen LogP contribution in [0.4, 0.5) is 0 Å². The molecule has 0 saturated heterocycles. The number of benzene rings is 1. The molecule has 1 rings (SSSR count). The molecule has 0 radical (unpaired) electrons. The zero-order valence-electron chi connectivity index (χ0n) is 9.27. The van der Waals surface area contributed by atoms with E-state index >= 15 is 0 Å². The summed E-state index contributed by atoms with van der Waals surface area (Å²) in [5, 5.41) is 12.6. The number of amides is 1. The van der Waals surface area contributed by atoms with Crippen LogP contribution in [0.2, 0.25) is 0 Å². The van der Waals surface area contributed by atoms with Crippen LogP contribution in [0.15, 0.2) is 12.1 Å². The molecule has 0 heterocycles. The van der Waals surface area contributed by atoms with Crippen molar-refractivity contribution in [2.24, 2.45) is 0 Å². The van der Waals surface area contributed by atoms with Crippen LogP contribution in [0.5, 0.6) is 5.75 Å². The molecule has 0 fully saturated rings. The van der Waals surface area contributed by atoms with Gasteiger partial charge in [-0.15, -0.1) is 0 Å². The maximum Gasteiger partial charge on any atom is 0.255 e. The summed E-state index contributed by atoms with van der Waals surface area (Å²) in [6, 6.07) is 3.50. The average molecular weight is 445 g/mol. The maximum absolute atomic E-state index is 11.9. The number of nitrogens with one attached hydrogen (secondary N) is 1. The third-order valence-corrected chi connectivity index (χ3v) is 3.21. The quantitative estimate of drug-likeness (QED) is 0.654. The lowest BCUT2D eigenvalue weighted by Gasteiger charge is -2.21. The molecule has 2 N–H and O–H groups in total. The normalized spacial score (nSPS) is 11.3. The smallest absolute Gasteiger partial charge is 0.255 e. The van der Waals surface area contributed by atoms with Crippen LogP contribution in [-0.4, -0.2) is 16.6 Å². The lowest BCUT2D eigenvalue weighted by Crippen LogP contribution is -2.40. The highest BCUT2D eigenvalue weighted by Crippen LogP contribution is 2.27. The van der Waals surface area contributed by atoms with E-state index in [4.69, 9.17) is 0 Å². The summed E-state index contributed by atoms with van der Waals surface area (Å²) in [5.41, 5.74) is 0.0159. The summed E-state index contributed by atoms with van der Waals surface area (Å²) < 4.78 is 1.61. The second kappa shape index (κ2) is 5.07. The molecule has 0 atom stereocenters. The van der Waals surface area contributed by atoms with Crippen LogP contribution in [0.1, 0.15) is 31.1 Å². The molecular formula is C11H13I2NO2. The minimum atomic E-state index is -0.309. The molecule has 0 aromatic heterocycles. The number of halogens is 2. The van der Waals surface area contributed by atoms with E-state index in [0.717, 1.165) is 3.57 Å². The molecule has 88 valence electrons. The molecule has 5 heteroatoms. The van der Waals surface area contributed by atoms with Gasteiger partial charge in [-0.25, -0.2) is 0 Å². The highest BCUT2D eigenvalue weighted by Gasteiger charge is 2.19. The molecular weight excluding hydrogens is 432 g/mol. The third-order valence-electron chi connectivity index (χ3n) is 1.76. The SMILES string of the molecule is CC(C)(C)NC(=O)c1cc(I)cc(I)c1O. The summed E-state index contributed by atoms with van der Waals surface area (Å²) in [7, 11) is 0. The van der Waals surface area contributed by atoms with Gasteiger partial charge in [-0.05, 0) is 78.1 Å². The molecule has 1 aromatic carbocycles. The van der Waals surface area contributed by atoms with Gasteiger partial charge in [0.1, 0.15) is 5.75 Å². The first kappa shape index (κ1) is 14.0. The minimum Gasteiger partial charge on any atom is -0.506 e. The fourth-order valence-corrected chi connectivity index (χ4v) is 2.99. The van der Waals surface area contributed by atoms with E-state index in [1.807, 2.05) is 49.4 Å². The highest BCUT2D eigenvalue weighted by atomic mass is 127. The van der Waals surface area contributed by atoms with E-state index in [0.29, 0.717) is 9.13 Å². The van der Waals surface area contributed by atoms with E-state index in [2.05, 4.69) is 27.9 Å². The Bertz CT molecular complexity index is 425. The Balaban J connectivity index is 3.09. The first-order valence-electron chi connectivity index (χ1n) is 4.71. The van der Waals surface area contributed by atoms with Crippen molar-refractivity contribution < 1.29 is 9.90 Å². The Labute approximate surface area is 122 Å². The van der Waals surface area contributed by atoms with Gasteiger partial charge in [-0.3, -0.25) is 4.79 Å². The summed E-state index contributed by atoms with van der Waals surface area (Å²) in [4.78, 5) is 11.9. The molecule has 1 amide bonds. The summed E-state index contributed by atoms with van der Waals surface area (Å²) in [6.45, 7) is 5.71. The van der Waals surface area contributed by atoms with Gasteiger partial charge in [0.25, 0.3) is 5.91 Å². The molecule has 0 aliphatic heterocycles. The van der Waals surface area contributed by atoms with Crippen molar-refractivity contribution in [1.29, 1.82) is 0 Å². The molecule has 0 aliphatic rings. The predicted octanol–water partition coefficient (Wildman–Crippen LogP) is 3.13. The van der Waals surface area contributed by atoms with Crippen molar-refractivity contribution in [3.05, 3.63) is 24.8 Å². The minimum absolute atomic E-state index is 0.0442. The van der Waals surface area contributed by atoms with Crippen molar-refractivity contribution in [2.75, 3.05) is 0 Å². The number of rotatable bonds is 1. The van der Waals surface area contributed by atoms with Crippen LogP contribution in [0, 0.1) is 7.14 Å². The van der Waals surface area contributed by atoms with Crippen LogP contribution in [0.25, 0.3) is 0 Å². The van der Waals surface area contributed by atoms with Gasteiger partial charge in [0, 0.05) is 9.11 Å². The Morgan fingerprint density at radius 1 is 1.31 bits per heavy atom. The Morgan fingerprint density at radius 3 is 2.38 bits per heavy atom. The zero-order chi connectivity index (χ0) is 12.5. The maximum atomic E-state index is 11.9. The van der Waals surface area contributed by atoms with Gasteiger partial charge in [-0.1, -0.05) is 0 Å². The fraction of sp³-hybridized carbons (Fsp3) is 0.364.